The van der Waals surface area contributed by atoms with Crippen molar-refractivity contribution in [2.75, 3.05) is 26.7 Å². The summed E-state index contributed by atoms with van der Waals surface area (Å²) in [6.07, 6.45) is 0.478. The Labute approximate surface area is 117 Å². The quantitative estimate of drug-likeness (QED) is 0.790. The van der Waals surface area contributed by atoms with Crippen LogP contribution >= 0.6 is 0 Å². The maximum atomic E-state index is 13.6. The van der Waals surface area contributed by atoms with Gasteiger partial charge in [0.05, 0.1) is 13.7 Å². The monoisotopic (exact) mass is 279 g/mol. The van der Waals surface area contributed by atoms with Crippen LogP contribution in [0.2, 0.25) is 0 Å². The molecule has 1 unspecified atom stereocenters. The first-order valence-corrected chi connectivity index (χ1v) is 6.63. The van der Waals surface area contributed by atoms with E-state index in [4.69, 9.17) is 4.74 Å². The molecule has 0 spiro atoms. The standard InChI is InChI=1S/C15H18FNO3/c1-10-8-17(6-5-13(10)18)9-14(19)11-3-4-15(20-2)12(16)7-11/h3-4,7,10H,5-6,8-9H2,1-2H3. The van der Waals surface area contributed by atoms with E-state index in [1.165, 1.54) is 19.2 Å². The number of rotatable bonds is 4. The van der Waals surface area contributed by atoms with E-state index in [0.717, 1.165) is 0 Å². The Morgan fingerprint density at radius 2 is 2.25 bits per heavy atom. The molecule has 1 aromatic carbocycles. The number of nitrogens with zero attached hydrogens (tertiary/aromatic N) is 1. The number of likely N-dealkylation sites (tertiary alicyclic amines) is 1. The van der Waals surface area contributed by atoms with Gasteiger partial charge in [0.2, 0.25) is 0 Å². The Morgan fingerprint density at radius 3 is 2.85 bits per heavy atom. The first-order valence-electron chi connectivity index (χ1n) is 6.63. The van der Waals surface area contributed by atoms with Crippen LogP contribution in [0.4, 0.5) is 4.39 Å². The topological polar surface area (TPSA) is 46.6 Å². The highest BCUT2D eigenvalue weighted by Gasteiger charge is 2.25. The van der Waals surface area contributed by atoms with Gasteiger partial charge in [-0.15, -0.1) is 0 Å². The van der Waals surface area contributed by atoms with Crippen molar-refractivity contribution >= 4 is 11.6 Å². The molecular weight excluding hydrogens is 261 g/mol. The van der Waals surface area contributed by atoms with Gasteiger partial charge in [-0.3, -0.25) is 14.5 Å². The maximum absolute atomic E-state index is 13.6. The molecule has 1 aliphatic rings. The van der Waals surface area contributed by atoms with Crippen molar-refractivity contribution < 1.29 is 18.7 Å². The Balaban J connectivity index is 2.01. The van der Waals surface area contributed by atoms with Crippen LogP contribution in [0.1, 0.15) is 23.7 Å². The minimum atomic E-state index is -0.541. The van der Waals surface area contributed by atoms with Crippen molar-refractivity contribution in [2.24, 2.45) is 5.92 Å². The second kappa shape index (κ2) is 6.13. The fourth-order valence-corrected chi connectivity index (χ4v) is 2.37. The van der Waals surface area contributed by atoms with E-state index in [2.05, 4.69) is 0 Å². The molecule has 1 fully saturated rings. The van der Waals surface area contributed by atoms with Crippen molar-refractivity contribution in [3.05, 3.63) is 29.6 Å². The maximum Gasteiger partial charge on any atom is 0.176 e. The number of methoxy groups -OCH3 is 1. The van der Waals surface area contributed by atoms with Gasteiger partial charge < -0.3 is 4.74 Å². The molecule has 0 aromatic heterocycles. The third-order valence-electron chi connectivity index (χ3n) is 3.60. The average Bonchev–Trinajstić information content (AvgIpc) is 2.42. The van der Waals surface area contributed by atoms with E-state index in [0.29, 0.717) is 25.1 Å². The molecule has 0 amide bonds. The lowest BCUT2D eigenvalue weighted by molar-refractivity contribution is -0.125. The minimum absolute atomic E-state index is 0.0378. The summed E-state index contributed by atoms with van der Waals surface area (Å²) in [6, 6.07) is 4.20. The Kier molecular flexibility index (Phi) is 4.49. The molecule has 1 aliphatic heterocycles. The largest absolute Gasteiger partial charge is 0.494 e. The van der Waals surface area contributed by atoms with Gasteiger partial charge in [-0.1, -0.05) is 6.92 Å². The first-order chi connectivity index (χ1) is 9.51. The Morgan fingerprint density at radius 1 is 1.50 bits per heavy atom. The molecule has 2 rings (SSSR count). The zero-order chi connectivity index (χ0) is 14.7. The third-order valence-corrected chi connectivity index (χ3v) is 3.60. The van der Waals surface area contributed by atoms with Gasteiger partial charge in [0.1, 0.15) is 5.78 Å². The molecule has 20 heavy (non-hydrogen) atoms. The van der Waals surface area contributed by atoms with Crippen LogP contribution in [-0.2, 0) is 4.79 Å². The number of carbonyl (C=O) groups is 2. The van der Waals surface area contributed by atoms with Crippen molar-refractivity contribution in [1.29, 1.82) is 0 Å². The highest BCUT2D eigenvalue weighted by molar-refractivity contribution is 5.97. The van der Waals surface area contributed by atoms with E-state index in [1.807, 2.05) is 11.8 Å². The number of carbonyl (C=O) groups excluding carboxylic acids is 2. The Hall–Kier alpha value is -1.75. The van der Waals surface area contributed by atoms with Crippen LogP contribution in [0.3, 0.4) is 0 Å². The van der Waals surface area contributed by atoms with Crippen molar-refractivity contribution in [3.8, 4) is 5.75 Å². The molecule has 1 heterocycles. The lowest BCUT2D eigenvalue weighted by atomic mass is 9.98. The summed E-state index contributed by atoms with van der Waals surface area (Å²) in [5.41, 5.74) is 0.327. The molecule has 1 atom stereocenters. The number of ether oxygens (including phenoxy) is 1. The first kappa shape index (κ1) is 14.7. The zero-order valence-corrected chi connectivity index (χ0v) is 11.7. The fraction of sp³-hybridized carbons (Fsp3) is 0.467. The Bertz CT molecular complexity index is 530. The summed E-state index contributed by atoms with van der Waals surface area (Å²) < 4.78 is 18.4. The summed E-state index contributed by atoms with van der Waals surface area (Å²) in [6.45, 7) is 3.26. The molecule has 0 aliphatic carbocycles. The zero-order valence-electron chi connectivity index (χ0n) is 11.7. The number of ketones is 2. The minimum Gasteiger partial charge on any atom is -0.494 e. The van der Waals surface area contributed by atoms with Gasteiger partial charge in [0, 0.05) is 31.0 Å². The van der Waals surface area contributed by atoms with Crippen LogP contribution in [0.15, 0.2) is 18.2 Å². The van der Waals surface area contributed by atoms with Crippen LogP contribution < -0.4 is 4.74 Å². The van der Waals surface area contributed by atoms with Gasteiger partial charge in [0.25, 0.3) is 0 Å². The van der Waals surface area contributed by atoms with Gasteiger partial charge in [-0.05, 0) is 18.2 Å². The van der Waals surface area contributed by atoms with Gasteiger partial charge in [0.15, 0.2) is 17.3 Å². The average molecular weight is 279 g/mol. The van der Waals surface area contributed by atoms with Crippen molar-refractivity contribution in [1.82, 2.24) is 4.90 Å². The van der Waals surface area contributed by atoms with E-state index in [9.17, 15) is 14.0 Å². The molecular formula is C15H18FNO3. The summed E-state index contributed by atoms with van der Waals surface area (Å²) in [5, 5.41) is 0. The number of hydrogen-bond donors (Lipinski definition) is 0. The van der Waals surface area contributed by atoms with Gasteiger partial charge in [-0.2, -0.15) is 0 Å². The van der Waals surface area contributed by atoms with Crippen LogP contribution in [0, 0.1) is 11.7 Å². The number of piperidine rings is 1. The van der Waals surface area contributed by atoms with Crippen molar-refractivity contribution in [2.45, 2.75) is 13.3 Å². The fourth-order valence-electron chi connectivity index (χ4n) is 2.37. The molecule has 108 valence electrons. The number of halogens is 1. The van der Waals surface area contributed by atoms with Gasteiger partial charge >= 0.3 is 0 Å². The van der Waals surface area contributed by atoms with Crippen LogP contribution in [0.5, 0.6) is 5.75 Å². The molecule has 0 radical (unpaired) electrons. The van der Waals surface area contributed by atoms with E-state index < -0.39 is 5.82 Å². The summed E-state index contributed by atoms with van der Waals surface area (Å²) in [4.78, 5) is 25.5. The smallest absolute Gasteiger partial charge is 0.176 e. The number of benzene rings is 1. The lowest BCUT2D eigenvalue weighted by Gasteiger charge is -2.29. The molecule has 0 saturated carbocycles. The molecule has 1 saturated heterocycles. The second-order valence-corrected chi connectivity index (χ2v) is 5.12. The summed E-state index contributed by atoms with van der Waals surface area (Å²) >= 11 is 0. The highest BCUT2D eigenvalue weighted by Crippen LogP contribution is 2.19. The highest BCUT2D eigenvalue weighted by atomic mass is 19.1. The number of hydrogen-bond acceptors (Lipinski definition) is 4. The third kappa shape index (κ3) is 3.22. The SMILES string of the molecule is COc1ccc(C(=O)CN2CCC(=O)C(C)C2)cc1F. The normalized spacial score (nSPS) is 19.9. The molecule has 0 N–H and O–H groups in total. The molecule has 1 aromatic rings. The van der Waals surface area contributed by atoms with Crippen LogP contribution in [0.25, 0.3) is 0 Å². The van der Waals surface area contributed by atoms with Crippen LogP contribution in [-0.4, -0.2) is 43.2 Å². The molecule has 0 bridgehead atoms. The number of Topliss-reactive ketones (excluding diaryl/α,β-unsaturated/α-hetero) is 2. The van der Waals surface area contributed by atoms with Crippen molar-refractivity contribution in [3.63, 3.8) is 0 Å². The predicted octanol–water partition coefficient (Wildman–Crippen LogP) is 1.93. The lowest BCUT2D eigenvalue weighted by Crippen LogP contribution is -2.42. The molecule has 5 heteroatoms. The second-order valence-electron chi connectivity index (χ2n) is 5.12. The summed E-state index contributed by atoms with van der Waals surface area (Å²) in [7, 11) is 1.38. The van der Waals surface area contributed by atoms with E-state index >= 15 is 0 Å². The predicted molar refractivity (Wildman–Crippen MR) is 72.5 cm³/mol. The van der Waals surface area contributed by atoms with E-state index in [-0.39, 0.29) is 29.8 Å². The summed E-state index contributed by atoms with van der Waals surface area (Å²) in [5.74, 6) is -0.360. The van der Waals surface area contributed by atoms with Gasteiger partial charge in [-0.25, -0.2) is 4.39 Å². The molecule has 4 nitrogen and oxygen atoms in total. The van der Waals surface area contributed by atoms with E-state index in [1.54, 1.807) is 6.07 Å².